The minimum Gasteiger partial charge on any atom is -0.295 e. The lowest BCUT2D eigenvalue weighted by molar-refractivity contribution is -0.115. The number of aryl methyl sites for hydroxylation is 1. The van der Waals surface area contributed by atoms with Gasteiger partial charge in [0.1, 0.15) is 0 Å². The summed E-state index contributed by atoms with van der Waals surface area (Å²) in [6.07, 6.45) is 6.40. The normalized spacial score (nSPS) is 25.1. The van der Waals surface area contributed by atoms with Crippen LogP contribution >= 0.6 is 0 Å². The highest BCUT2D eigenvalue weighted by molar-refractivity contribution is 5.92. The number of nitrogens with zero attached hydrogens (tertiary/aromatic N) is 1. The number of carbonyl (C=O) groups is 1. The number of carbonyl (C=O) groups excluding carboxylic acids is 1. The summed E-state index contributed by atoms with van der Waals surface area (Å²) in [7, 11) is 0. The second-order valence-corrected chi connectivity index (χ2v) is 5.56. The van der Waals surface area contributed by atoms with Crippen molar-refractivity contribution in [2.75, 3.05) is 0 Å². The van der Waals surface area contributed by atoms with Crippen LogP contribution < -0.4 is 0 Å². The van der Waals surface area contributed by atoms with E-state index in [1.807, 2.05) is 18.2 Å². The molecule has 0 fully saturated rings. The highest BCUT2D eigenvalue weighted by atomic mass is 16.1. The van der Waals surface area contributed by atoms with Gasteiger partial charge >= 0.3 is 0 Å². The molecular formula is C17H17NO. The van der Waals surface area contributed by atoms with E-state index >= 15 is 0 Å². The average Bonchev–Trinajstić information content (AvgIpc) is 2.46. The molecule has 0 saturated heterocycles. The third kappa shape index (κ3) is 1.73. The van der Waals surface area contributed by atoms with Crippen molar-refractivity contribution in [3.05, 3.63) is 46.5 Å². The third-order valence-corrected chi connectivity index (χ3v) is 4.77. The van der Waals surface area contributed by atoms with E-state index in [-0.39, 0.29) is 11.2 Å². The van der Waals surface area contributed by atoms with Crippen molar-refractivity contribution in [3.63, 3.8) is 0 Å². The number of rotatable bonds is 1. The Morgan fingerprint density at radius 1 is 1.32 bits per heavy atom. The van der Waals surface area contributed by atoms with Gasteiger partial charge in [0.05, 0.1) is 11.6 Å². The van der Waals surface area contributed by atoms with Crippen LogP contribution in [0.4, 0.5) is 0 Å². The number of ketones is 1. The van der Waals surface area contributed by atoms with Crippen molar-refractivity contribution in [1.82, 2.24) is 0 Å². The summed E-state index contributed by atoms with van der Waals surface area (Å²) in [4.78, 5) is 11.7. The summed E-state index contributed by atoms with van der Waals surface area (Å²) in [5, 5.41) is 9.02. The Hall–Kier alpha value is -1.88. The van der Waals surface area contributed by atoms with Gasteiger partial charge in [0.15, 0.2) is 5.78 Å². The van der Waals surface area contributed by atoms with E-state index in [2.05, 4.69) is 19.1 Å². The molecule has 2 heteroatoms. The van der Waals surface area contributed by atoms with Crippen molar-refractivity contribution in [1.29, 1.82) is 5.26 Å². The largest absolute Gasteiger partial charge is 0.295 e. The molecule has 0 aromatic heterocycles. The van der Waals surface area contributed by atoms with Gasteiger partial charge in [-0.2, -0.15) is 5.26 Å². The zero-order valence-electron chi connectivity index (χ0n) is 11.2. The van der Waals surface area contributed by atoms with Gasteiger partial charge in [-0.25, -0.2) is 0 Å². The van der Waals surface area contributed by atoms with Gasteiger partial charge in [0.25, 0.3) is 0 Å². The van der Waals surface area contributed by atoms with Crippen molar-refractivity contribution < 1.29 is 4.79 Å². The minimum atomic E-state index is 0.0511. The average molecular weight is 251 g/mol. The molecule has 1 aromatic rings. The van der Waals surface area contributed by atoms with Gasteiger partial charge in [-0.05, 0) is 55.0 Å². The molecule has 0 aliphatic heterocycles. The van der Waals surface area contributed by atoms with Gasteiger partial charge in [0.2, 0.25) is 0 Å². The third-order valence-electron chi connectivity index (χ3n) is 4.77. The van der Waals surface area contributed by atoms with Crippen LogP contribution in [0.3, 0.4) is 0 Å². The summed E-state index contributed by atoms with van der Waals surface area (Å²) < 4.78 is 0. The van der Waals surface area contributed by atoms with Crippen molar-refractivity contribution in [3.8, 4) is 6.07 Å². The summed E-state index contributed by atoms with van der Waals surface area (Å²) in [5.41, 5.74) is 4.74. The zero-order valence-corrected chi connectivity index (χ0v) is 11.2. The predicted molar refractivity (Wildman–Crippen MR) is 73.8 cm³/mol. The molecule has 0 unspecified atom stereocenters. The molecule has 0 saturated carbocycles. The first-order valence-electron chi connectivity index (χ1n) is 6.97. The molecule has 0 N–H and O–H groups in total. The molecule has 2 aliphatic rings. The molecule has 3 rings (SSSR count). The second-order valence-electron chi connectivity index (χ2n) is 5.56. The van der Waals surface area contributed by atoms with Crippen molar-refractivity contribution >= 4 is 5.78 Å². The lowest BCUT2D eigenvalue weighted by Gasteiger charge is -2.43. The summed E-state index contributed by atoms with van der Waals surface area (Å²) in [6, 6.07) is 8.27. The Kier molecular flexibility index (Phi) is 2.78. The number of nitriles is 1. The molecule has 2 aliphatic carbocycles. The Labute approximate surface area is 113 Å². The first kappa shape index (κ1) is 12.2. The molecule has 1 atom stereocenters. The van der Waals surface area contributed by atoms with Gasteiger partial charge in [-0.15, -0.1) is 0 Å². The van der Waals surface area contributed by atoms with Gasteiger partial charge < -0.3 is 0 Å². The van der Waals surface area contributed by atoms with E-state index in [1.54, 1.807) is 0 Å². The molecule has 0 radical (unpaired) electrons. The van der Waals surface area contributed by atoms with E-state index in [0.717, 1.165) is 31.2 Å². The Morgan fingerprint density at radius 3 is 2.89 bits per heavy atom. The van der Waals surface area contributed by atoms with Gasteiger partial charge in [0, 0.05) is 11.8 Å². The van der Waals surface area contributed by atoms with E-state index in [0.29, 0.717) is 6.42 Å². The molecule has 0 spiro atoms. The molecule has 1 aromatic carbocycles. The van der Waals surface area contributed by atoms with Crippen molar-refractivity contribution in [2.45, 2.75) is 44.4 Å². The second kappa shape index (κ2) is 4.35. The molecular weight excluding hydrogens is 234 g/mol. The lowest BCUT2D eigenvalue weighted by atomic mass is 9.60. The van der Waals surface area contributed by atoms with Crippen LogP contribution in [0.5, 0.6) is 0 Å². The van der Waals surface area contributed by atoms with E-state index in [1.165, 1.54) is 16.7 Å². The fourth-order valence-electron chi connectivity index (χ4n) is 3.72. The maximum absolute atomic E-state index is 11.7. The molecule has 0 bridgehead atoms. The number of hydrogen-bond acceptors (Lipinski definition) is 2. The van der Waals surface area contributed by atoms with Crippen LogP contribution in [0, 0.1) is 11.3 Å². The first-order valence-corrected chi connectivity index (χ1v) is 6.97. The summed E-state index contributed by atoms with van der Waals surface area (Å²) in [5.74, 6) is 0.274. The minimum absolute atomic E-state index is 0.0511. The smallest absolute Gasteiger partial charge is 0.155 e. The summed E-state index contributed by atoms with van der Waals surface area (Å²) in [6.45, 7) is 2.21. The Balaban J connectivity index is 2.18. The highest BCUT2D eigenvalue weighted by Crippen LogP contribution is 2.49. The first-order chi connectivity index (χ1) is 9.19. The Morgan fingerprint density at radius 2 is 2.16 bits per heavy atom. The number of fused-ring (bicyclic) bond motifs is 3. The van der Waals surface area contributed by atoms with Crippen LogP contribution in [0.2, 0.25) is 0 Å². The molecule has 19 heavy (non-hydrogen) atoms. The maximum Gasteiger partial charge on any atom is 0.155 e. The monoisotopic (exact) mass is 251 g/mol. The summed E-state index contributed by atoms with van der Waals surface area (Å²) >= 11 is 0. The number of allylic oxidation sites excluding steroid dienone is 2. The van der Waals surface area contributed by atoms with Crippen LogP contribution in [0.25, 0.3) is 0 Å². The van der Waals surface area contributed by atoms with E-state index in [4.69, 9.17) is 5.26 Å². The SMILES string of the molecule is CC[C@@]12CCC(=O)C=C1CCc1cc(C#N)ccc12. The molecule has 0 amide bonds. The van der Waals surface area contributed by atoms with Crippen LogP contribution in [-0.2, 0) is 16.6 Å². The quantitative estimate of drug-likeness (QED) is 0.767. The topological polar surface area (TPSA) is 40.9 Å². The van der Waals surface area contributed by atoms with Crippen LogP contribution in [-0.4, -0.2) is 5.78 Å². The zero-order chi connectivity index (χ0) is 13.5. The number of benzene rings is 1. The van der Waals surface area contributed by atoms with Crippen molar-refractivity contribution in [2.24, 2.45) is 0 Å². The molecule has 0 heterocycles. The fraction of sp³-hybridized carbons (Fsp3) is 0.412. The standard InChI is InChI=1S/C17H17NO/c1-2-17-8-7-15(19)10-14(17)5-4-13-9-12(11-18)3-6-16(13)17/h3,6,9-10H,2,4-5,7-8H2,1H3/t17-/m1/s1. The molecule has 96 valence electrons. The number of hydrogen-bond donors (Lipinski definition) is 0. The van der Waals surface area contributed by atoms with Crippen LogP contribution in [0.1, 0.15) is 49.3 Å². The predicted octanol–water partition coefficient (Wildman–Crippen LogP) is 3.44. The Bertz CT molecular complexity index is 621. The van der Waals surface area contributed by atoms with E-state index < -0.39 is 0 Å². The van der Waals surface area contributed by atoms with Crippen LogP contribution in [0.15, 0.2) is 29.8 Å². The maximum atomic E-state index is 11.7. The lowest BCUT2D eigenvalue weighted by Crippen LogP contribution is -2.36. The molecule has 2 nitrogen and oxygen atoms in total. The van der Waals surface area contributed by atoms with Gasteiger partial charge in [-0.3, -0.25) is 4.79 Å². The fourth-order valence-corrected chi connectivity index (χ4v) is 3.72. The van der Waals surface area contributed by atoms with Gasteiger partial charge in [-0.1, -0.05) is 18.6 Å². The highest BCUT2D eigenvalue weighted by Gasteiger charge is 2.41. The van der Waals surface area contributed by atoms with E-state index in [9.17, 15) is 4.79 Å².